The molecule has 2 rings (SSSR count). The van der Waals surface area contributed by atoms with Crippen LogP contribution >= 0.6 is 0 Å². The van der Waals surface area contributed by atoms with E-state index in [1.807, 2.05) is 0 Å². The predicted molar refractivity (Wildman–Crippen MR) is 72.9 cm³/mol. The van der Waals surface area contributed by atoms with Crippen LogP contribution in [0.5, 0.6) is 0 Å². The monoisotopic (exact) mass is 268 g/mol. The summed E-state index contributed by atoms with van der Waals surface area (Å²) in [7, 11) is -3.02. The van der Waals surface area contributed by atoms with E-state index in [0.717, 1.165) is 19.6 Å². The molecule has 4 nitrogen and oxygen atoms in total. The zero-order valence-corrected chi connectivity index (χ0v) is 11.8. The molecule has 0 unspecified atom stereocenters. The van der Waals surface area contributed by atoms with E-state index in [4.69, 9.17) is 0 Å². The molecule has 1 aromatic carbocycles. The zero-order valence-electron chi connectivity index (χ0n) is 11.0. The Hall–Kier alpha value is -0.910. The number of piperazine rings is 1. The summed E-state index contributed by atoms with van der Waals surface area (Å²) in [6.07, 6.45) is 1.28. The van der Waals surface area contributed by atoms with E-state index in [-0.39, 0.29) is 0 Å². The highest BCUT2D eigenvalue weighted by Gasteiger charge is 2.22. The van der Waals surface area contributed by atoms with E-state index in [1.54, 1.807) is 4.31 Å². The van der Waals surface area contributed by atoms with Gasteiger partial charge in [0.05, 0.1) is 6.26 Å². The van der Waals surface area contributed by atoms with Crippen LogP contribution in [0.25, 0.3) is 0 Å². The highest BCUT2D eigenvalue weighted by Crippen LogP contribution is 2.11. The van der Waals surface area contributed by atoms with Crippen LogP contribution < -0.4 is 0 Å². The number of hydrogen-bond donors (Lipinski definition) is 0. The molecule has 0 saturated carbocycles. The van der Waals surface area contributed by atoms with Gasteiger partial charge in [-0.05, 0) is 12.5 Å². The summed E-state index contributed by atoms with van der Waals surface area (Å²) in [6, 6.07) is 8.50. The molecule has 100 valence electrons. The van der Waals surface area contributed by atoms with Crippen molar-refractivity contribution in [1.82, 2.24) is 9.21 Å². The summed E-state index contributed by atoms with van der Waals surface area (Å²) in [5, 5.41) is 0. The second kappa shape index (κ2) is 5.38. The molecular formula is C13H20N2O2S. The molecule has 5 heteroatoms. The van der Waals surface area contributed by atoms with Gasteiger partial charge in [-0.2, -0.15) is 4.31 Å². The Bertz CT molecular complexity index is 488. The summed E-state index contributed by atoms with van der Waals surface area (Å²) >= 11 is 0. The third-order valence-corrected chi connectivity index (χ3v) is 4.63. The van der Waals surface area contributed by atoms with Gasteiger partial charge < -0.3 is 0 Å². The lowest BCUT2D eigenvalue weighted by Gasteiger charge is -2.33. The first-order chi connectivity index (χ1) is 8.45. The van der Waals surface area contributed by atoms with Crippen molar-refractivity contribution in [3.8, 4) is 0 Å². The van der Waals surface area contributed by atoms with Gasteiger partial charge in [0.25, 0.3) is 0 Å². The SMILES string of the molecule is Cc1ccc(CN2CCN(S(C)(=O)=O)CC2)cc1. The van der Waals surface area contributed by atoms with Crippen molar-refractivity contribution >= 4 is 10.0 Å². The number of aryl methyl sites for hydroxylation is 1. The van der Waals surface area contributed by atoms with E-state index >= 15 is 0 Å². The molecular weight excluding hydrogens is 248 g/mol. The Balaban J connectivity index is 1.89. The lowest BCUT2D eigenvalue weighted by Crippen LogP contribution is -2.47. The average Bonchev–Trinajstić information content (AvgIpc) is 2.32. The molecule has 0 aromatic heterocycles. The third-order valence-electron chi connectivity index (χ3n) is 3.33. The van der Waals surface area contributed by atoms with Gasteiger partial charge >= 0.3 is 0 Å². The molecule has 1 heterocycles. The quantitative estimate of drug-likeness (QED) is 0.823. The third kappa shape index (κ3) is 3.54. The summed E-state index contributed by atoms with van der Waals surface area (Å²) in [6.45, 7) is 5.80. The van der Waals surface area contributed by atoms with E-state index in [9.17, 15) is 8.42 Å². The molecule has 1 aliphatic heterocycles. The molecule has 18 heavy (non-hydrogen) atoms. The normalized spacial score (nSPS) is 19.0. The van der Waals surface area contributed by atoms with Gasteiger partial charge in [-0.3, -0.25) is 4.90 Å². The number of hydrogen-bond acceptors (Lipinski definition) is 3. The van der Waals surface area contributed by atoms with Gasteiger partial charge in [0.2, 0.25) is 10.0 Å². The van der Waals surface area contributed by atoms with Crippen LogP contribution in [0.15, 0.2) is 24.3 Å². The largest absolute Gasteiger partial charge is 0.296 e. The maximum absolute atomic E-state index is 11.4. The van der Waals surface area contributed by atoms with Crippen molar-refractivity contribution in [2.75, 3.05) is 32.4 Å². The van der Waals surface area contributed by atoms with E-state index in [0.29, 0.717) is 13.1 Å². The minimum Gasteiger partial charge on any atom is -0.296 e. The van der Waals surface area contributed by atoms with Crippen LogP contribution in [0.2, 0.25) is 0 Å². The Morgan fingerprint density at radius 2 is 1.61 bits per heavy atom. The average molecular weight is 268 g/mol. The maximum Gasteiger partial charge on any atom is 0.211 e. The van der Waals surface area contributed by atoms with Crippen LogP contribution in [-0.4, -0.2) is 50.1 Å². The molecule has 0 amide bonds. The van der Waals surface area contributed by atoms with Crippen LogP contribution in [0.3, 0.4) is 0 Å². The molecule has 0 atom stereocenters. The molecule has 0 radical (unpaired) electrons. The highest BCUT2D eigenvalue weighted by molar-refractivity contribution is 7.88. The van der Waals surface area contributed by atoms with Crippen molar-refractivity contribution in [3.05, 3.63) is 35.4 Å². The fourth-order valence-corrected chi connectivity index (χ4v) is 3.00. The Morgan fingerprint density at radius 3 is 2.11 bits per heavy atom. The van der Waals surface area contributed by atoms with Gasteiger partial charge in [-0.25, -0.2) is 8.42 Å². The number of nitrogens with zero attached hydrogens (tertiary/aromatic N) is 2. The summed E-state index contributed by atoms with van der Waals surface area (Å²) in [5.41, 5.74) is 2.55. The molecule has 1 aliphatic rings. The van der Waals surface area contributed by atoms with Crippen molar-refractivity contribution in [2.45, 2.75) is 13.5 Å². The van der Waals surface area contributed by atoms with Gasteiger partial charge in [0.15, 0.2) is 0 Å². The minimum atomic E-state index is -3.02. The highest BCUT2D eigenvalue weighted by atomic mass is 32.2. The van der Waals surface area contributed by atoms with E-state index in [1.165, 1.54) is 17.4 Å². The second-order valence-corrected chi connectivity index (χ2v) is 6.91. The number of sulfonamides is 1. The van der Waals surface area contributed by atoms with Crippen molar-refractivity contribution < 1.29 is 8.42 Å². The van der Waals surface area contributed by atoms with Crippen LogP contribution in [0.4, 0.5) is 0 Å². The zero-order chi connectivity index (χ0) is 13.2. The Labute approximate surface area is 109 Å². The molecule has 0 bridgehead atoms. The van der Waals surface area contributed by atoms with Gasteiger partial charge in [0, 0.05) is 32.7 Å². The number of rotatable bonds is 3. The fraction of sp³-hybridized carbons (Fsp3) is 0.538. The summed E-state index contributed by atoms with van der Waals surface area (Å²) in [5.74, 6) is 0. The molecule has 0 aliphatic carbocycles. The van der Waals surface area contributed by atoms with Crippen molar-refractivity contribution in [1.29, 1.82) is 0 Å². The van der Waals surface area contributed by atoms with Crippen LogP contribution in [0.1, 0.15) is 11.1 Å². The molecule has 0 N–H and O–H groups in total. The molecule has 1 aromatic rings. The first kappa shape index (κ1) is 13.5. The predicted octanol–water partition coefficient (Wildman–Crippen LogP) is 1.07. The molecule has 1 fully saturated rings. The first-order valence-corrected chi connectivity index (χ1v) is 8.03. The van der Waals surface area contributed by atoms with Gasteiger partial charge in [0.1, 0.15) is 0 Å². The van der Waals surface area contributed by atoms with E-state index in [2.05, 4.69) is 36.1 Å². The maximum atomic E-state index is 11.4. The lowest BCUT2D eigenvalue weighted by molar-refractivity contribution is 0.182. The molecule has 0 spiro atoms. The summed E-state index contributed by atoms with van der Waals surface area (Å²) in [4.78, 5) is 2.30. The van der Waals surface area contributed by atoms with Crippen LogP contribution in [-0.2, 0) is 16.6 Å². The van der Waals surface area contributed by atoms with Gasteiger partial charge in [-0.15, -0.1) is 0 Å². The minimum absolute atomic E-state index is 0.602. The topological polar surface area (TPSA) is 40.6 Å². The van der Waals surface area contributed by atoms with Crippen molar-refractivity contribution in [2.24, 2.45) is 0 Å². The lowest BCUT2D eigenvalue weighted by atomic mass is 10.1. The van der Waals surface area contributed by atoms with E-state index < -0.39 is 10.0 Å². The Kier molecular flexibility index (Phi) is 4.04. The van der Waals surface area contributed by atoms with Crippen molar-refractivity contribution in [3.63, 3.8) is 0 Å². The number of benzene rings is 1. The first-order valence-electron chi connectivity index (χ1n) is 6.18. The second-order valence-electron chi connectivity index (χ2n) is 4.92. The molecule has 1 saturated heterocycles. The van der Waals surface area contributed by atoms with Crippen LogP contribution in [0, 0.1) is 6.92 Å². The fourth-order valence-electron chi connectivity index (χ4n) is 2.17. The standard InChI is InChI=1S/C13H20N2O2S/c1-12-3-5-13(6-4-12)11-14-7-9-15(10-8-14)18(2,16)17/h3-6H,7-11H2,1-2H3. The van der Waals surface area contributed by atoms with Gasteiger partial charge in [-0.1, -0.05) is 29.8 Å². The summed E-state index contributed by atoms with van der Waals surface area (Å²) < 4.78 is 24.3. The Morgan fingerprint density at radius 1 is 1.06 bits per heavy atom. The smallest absolute Gasteiger partial charge is 0.211 e.